The van der Waals surface area contributed by atoms with E-state index >= 15 is 0 Å². The summed E-state index contributed by atoms with van der Waals surface area (Å²) in [6, 6.07) is 3.17. The molecular weight excluding hydrogens is 329 g/mol. The van der Waals surface area contributed by atoms with E-state index in [0.29, 0.717) is 4.47 Å². The third kappa shape index (κ3) is 3.10. The Morgan fingerprint density at radius 3 is 2.63 bits per heavy atom. The largest absolute Gasteiger partial charge is 0.453 e. The Morgan fingerprint density at radius 1 is 1.37 bits per heavy atom. The van der Waals surface area contributed by atoms with E-state index in [4.69, 9.17) is 4.74 Å². The van der Waals surface area contributed by atoms with Crippen molar-refractivity contribution in [1.82, 2.24) is 19.7 Å². The van der Waals surface area contributed by atoms with Gasteiger partial charge in [-0.2, -0.15) is 17.9 Å². The number of methoxy groups -OCH3 is 1. The van der Waals surface area contributed by atoms with Gasteiger partial charge in [0, 0.05) is 17.8 Å². The number of halogens is 4. The van der Waals surface area contributed by atoms with E-state index in [1.807, 2.05) is 0 Å². The van der Waals surface area contributed by atoms with Crippen LogP contribution < -0.4 is 0 Å². The SMILES string of the molecule is COCc1nc(C(F)(F)F)nn1-c1ccc(Br)cn1. The number of alkyl halides is 3. The normalized spacial score (nSPS) is 11.8. The summed E-state index contributed by atoms with van der Waals surface area (Å²) >= 11 is 3.19. The molecule has 2 aromatic heterocycles. The maximum absolute atomic E-state index is 12.6. The molecule has 0 spiro atoms. The average molecular weight is 337 g/mol. The van der Waals surface area contributed by atoms with Gasteiger partial charge in [0.15, 0.2) is 11.6 Å². The monoisotopic (exact) mass is 336 g/mol. The van der Waals surface area contributed by atoms with E-state index in [2.05, 4.69) is 31.0 Å². The zero-order valence-corrected chi connectivity index (χ0v) is 11.2. The third-order valence-electron chi connectivity index (χ3n) is 2.13. The number of aromatic nitrogens is 4. The zero-order chi connectivity index (χ0) is 14.0. The molecule has 2 aromatic rings. The summed E-state index contributed by atoms with van der Waals surface area (Å²) in [5.41, 5.74) is 0. The van der Waals surface area contributed by atoms with Crippen LogP contribution in [0.4, 0.5) is 13.2 Å². The van der Waals surface area contributed by atoms with Crippen LogP contribution in [-0.4, -0.2) is 26.9 Å². The first kappa shape index (κ1) is 13.9. The first-order valence-corrected chi connectivity index (χ1v) is 5.85. The van der Waals surface area contributed by atoms with Crippen molar-refractivity contribution in [2.75, 3.05) is 7.11 Å². The van der Waals surface area contributed by atoms with Crippen molar-refractivity contribution >= 4 is 15.9 Å². The molecule has 0 N–H and O–H groups in total. The van der Waals surface area contributed by atoms with Crippen LogP contribution in [0.3, 0.4) is 0 Å². The molecule has 9 heteroatoms. The minimum atomic E-state index is -4.61. The summed E-state index contributed by atoms with van der Waals surface area (Å²) in [4.78, 5) is 7.40. The van der Waals surface area contributed by atoms with Gasteiger partial charge in [-0.1, -0.05) is 0 Å². The first-order chi connectivity index (χ1) is 8.91. The zero-order valence-electron chi connectivity index (χ0n) is 9.65. The van der Waals surface area contributed by atoms with Gasteiger partial charge < -0.3 is 4.74 Å². The molecule has 0 saturated heterocycles. The molecule has 0 unspecified atom stereocenters. The highest BCUT2D eigenvalue weighted by molar-refractivity contribution is 9.10. The van der Waals surface area contributed by atoms with Crippen LogP contribution in [0.5, 0.6) is 0 Å². The molecule has 0 fully saturated rings. The Bertz CT molecular complexity index is 567. The maximum atomic E-state index is 12.6. The fourth-order valence-corrected chi connectivity index (χ4v) is 1.60. The summed E-state index contributed by atoms with van der Waals surface area (Å²) in [6.07, 6.45) is -3.15. The molecule has 19 heavy (non-hydrogen) atoms. The van der Waals surface area contributed by atoms with Crippen LogP contribution in [0.2, 0.25) is 0 Å². The van der Waals surface area contributed by atoms with E-state index in [9.17, 15) is 13.2 Å². The Morgan fingerprint density at radius 2 is 2.11 bits per heavy atom. The molecule has 2 rings (SSSR count). The highest BCUT2D eigenvalue weighted by Crippen LogP contribution is 2.27. The van der Waals surface area contributed by atoms with Gasteiger partial charge in [0.25, 0.3) is 5.82 Å². The number of pyridine rings is 1. The summed E-state index contributed by atoms with van der Waals surface area (Å²) < 4.78 is 44.3. The highest BCUT2D eigenvalue weighted by Gasteiger charge is 2.37. The Kier molecular flexibility index (Phi) is 3.85. The van der Waals surface area contributed by atoms with Crippen molar-refractivity contribution in [3.63, 3.8) is 0 Å². The topological polar surface area (TPSA) is 52.8 Å². The third-order valence-corrected chi connectivity index (χ3v) is 2.60. The lowest BCUT2D eigenvalue weighted by molar-refractivity contribution is -0.144. The molecule has 0 radical (unpaired) electrons. The minimum absolute atomic E-state index is 0.0321. The molecule has 0 atom stereocenters. The van der Waals surface area contributed by atoms with Gasteiger partial charge in [-0.3, -0.25) is 0 Å². The van der Waals surface area contributed by atoms with E-state index in [0.717, 1.165) is 4.68 Å². The van der Waals surface area contributed by atoms with Crippen LogP contribution in [-0.2, 0) is 17.5 Å². The Hall–Kier alpha value is -1.48. The van der Waals surface area contributed by atoms with Crippen molar-refractivity contribution in [3.05, 3.63) is 34.5 Å². The van der Waals surface area contributed by atoms with Gasteiger partial charge in [0.05, 0.1) is 0 Å². The number of hydrogen-bond acceptors (Lipinski definition) is 4. The second-order valence-electron chi connectivity index (χ2n) is 3.53. The number of rotatable bonds is 3. The molecule has 5 nitrogen and oxygen atoms in total. The molecular formula is C10H8BrF3N4O. The summed E-state index contributed by atoms with van der Waals surface area (Å²) in [6.45, 7) is -0.0964. The maximum Gasteiger partial charge on any atom is 0.453 e. The van der Waals surface area contributed by atoms with Gasteiger partial charge in [0.1, 0.15) is 6.61 Å². The second kappa shape index (κ2) is 5.25. The quantitative estimate of drug-likeness (QED) is 0.864. The molecule has 0 amide bonds. The lowest BCUT2D eigenvalue weighted by Gasteiger charge is -2.03. The minimum Gasteiger partial charge on any atom is -0.377 e. The fourth-order valence-electron chi connectivity index (χ4n) is 1.36. The van der Waals surface area contributed by atoms with Gasteiger partial charge in [0.2, 0.25) is 0 Å². The van der Waals surface area contributed by atoms with E-state index < -0.39 is 12.0 Å². The standard InChI is InChI=1S/C10H8BrF3N4O/c1-19-5-8-16-9(10(12,13)14)17-18(8)7-3-2-6(11)4-15-7/h2-4H,5H2,1H3. The lowest BCUT2D eigenvalue weighted by Crippen LogP contribution is -2.09. The van der Waals surface area contributed by atoms with Crippen LogP contribution >= 0.6 is 15.9 Å². The van der Waals surface area contributed by atoms with Crippen LogP contribution in [0.1, 0.15) is 11.6 Å². The van der Waals surface area contributed by atoms with Crippen molar-refractivity contribution in [1.29, 1.82) is 0 Å². The molecule has 0 aromatic carbocycles. The molecule has 0 bridgehead atoms. The average Bonchev–Trinajstić information content (AvgIpc) is 2.74. The van der Waals surface area contributed by atoms with E-state index in [1.54, 1.807) is 6.07 Å². The predicted octanol–water partition coefficient (Wildman–Crippen LogP) is 2.59. The molecule has 0 aliphatic heterocycles. The van der Waals surface area contributed by atoms with Crippen molar-refractivity contribution < 1.29 is 17.9 Å². The van der Waals surface area contributed by atoms with Crippen molar-refractivity contribution in [3.8, 4) is 5.82 Å². The summed E-state index contributed by atoms with van der Waals surface area (Å²) in [7, 11) is 1.36. The smallest absolute Gasteiger partial charge is 0.377 e. The number of ether oxygens (including phenoxy) is 1. The Balaban J connectivity index is 2.48. The molecule has 0 aliphatic carbocycles. The molecule has 2 heterocycles. The van der Waals surface area contributed by atoms with Gasteiger partial charge in [-0.05, 0) is 28.1 Å². The Labute approximate surface area is 114 Å². The lowest BCUT2D eigenvalue weighted by atomic mass is 10.4. The second-order valence-corrected chi connectivity index (χ2v) is 4.44. The predicted molar refractivity (Wildman–Crippen MR) is 62.6 cm³/mol. The highest BCUT2D eigenvalue weighted by atomic mass is 79.9. The van der Waals surface area contributed by atoms with Crippen molar-refractivity contribution in [2.24, 2.45) is 0 Å². The van der Waals surface area contributed by atoms with Crippen molar-refractivity contribution in [2.45, 2.75) is 12.8 Å². The molecule has 0 aliphatic rings. The van der Waals surface area contributed by atoms with Gasteiger partial charge >= 0.3 is 6.18 Å². The molecule has 0 saturated carbocycles. The fraction of sp³-hybridized carbons (Fsp3) is 0.300. The summed E-state index contributed by atoms with van der Waals surface area (Å²) in [5.74, 6) is -0.952. The summed E-state index contributed by atoms with van der Waals surface area (Å²) in [5, 5.41) is 3.42. The van der Waals surface area contributed by atoms with E-state index in [-0.39, 0.29) is 18.2 Å². The number of hydrogen-bond donors (Lipinski definition) is 0. The first-order valence-electron chi connectivity index (χ1n) is 5.06. The van der Waals surface area contributed by atoms with Crippen LogP contribution in [0, 0.1) is 0 Å². The van der Waals surface area contributed by atoms with Gasteiger partial charge in [-0.25, -0.2) is 9.97 Å². The van der Waals surface area contributed by atoms with Crippen LogP contribution in [0.15, 0.2) is 22.8 Å². The van der Waals surface area contributed by atoms with Gasteiger partial charge in [-0.15, -0.1) is 5.10 Å². The number of nitrogens with zero attached hydrogens (tertiary/aromatic N) is 4. The van der Waals surface area contributed by atoms with Crippen LogP contribution in [0.25, 0.3) is 5.82 Å². The molecule has 102 valence electrons. The van der Waals surface area contributed by atoms with E-state index in [1.165, 1.54) is 19.4 Å².